The first-order chi connectivity index (χ1) is 12.5. The molecule has 0 unspecified atom stereocenters. The lowest BCUT2D eigenvalue weighted by Gasteiger charge is -2.33. The maximum absolute atomic E-state index is 12.8. The monoisotopic (exact) mass is 391 g/mol. The Bertz CT molecular complexity index is 860. The van der Waals surface area contributed by atoms with Gasteiger partial charge in [0.05, 0.1) is 5.54 Å². The van der Waals surface area contributed by atoms with Crippen molar-refractivity contribution in [3.8, 4) is 0 Å². The summed E-state index contributed by atoms with van der Waals surface area (Å²) in [4.78, 5) is 32.2. The molecule has 2 rings (SSSR count). The minimum Gasteiger partial charge on any atom is -0.464 e. The molecule has 0 saturated carbocycles. The SMILES string of the molecule is Cc1cccc(C)c1NC(=O)c1cnc(Cl)nc1NN(C(=O)O)C(C)(C)C. The van der Waals surface area contributed by atoms with Crippen LogP contribution in [0.25, 0.3) is 0 Å². The van der Waals surface area contributed by atoms with Crippen molar-refractivity contribution in [2.75, 3.05) is 10.7 Å². The van der Waals surface area contributed by atoms with Crippen LogP contribution in [-0.4, -0.2) is 37.6 Å². The number of rotatable bonds is 4. The van der Waals surface area contributed by atoms with Crippen LogP contribution in [0.5, 0.6) is 0 Å². The van der Waals surface area contributed by atoms with Crippen LogP contribution in [-0.2, 0) is 0 Å². The minimum atomic E-state index is -1.22. The molecule has 0 bridgehead atoms. The van der Waals surface area contributed by atoms with E-state index >= 15 is 0 Å². The molecule has 0 saturated heterocycles. The fourth-order valence-electron chi connectivity index (χ4n) is 2.41. The van der Waals surface area contributed by atoms with Crippen molar-refractivity contribution in [3.05, 3.63) is 46.4 Å². The predicted octanol–water partition coefficient (Wildman–Crippen LogP) is 4.10. The Morgan fingerprint density at radius 3 is 2.30 bits per heavy atom. The van der Waals surface area contributed by atoms with Gasteiger partial charge in [0.25, 0.3) is 5.91 Å². The zero-order valence-electron chi connectivity index (χ0n) is 15.8. The van der Waals surface area contributed by atoms with Gasteiger partial charge < -0.3 is 10.4 Å². The summed E-state index contributed by atoms with van der Waals surface area (Å²) in [7, 11) is 0. The number of aryl methyl sites for hydroxylation is 2. The van der Waals surface area contributed by atoms with Crippen LogP contribution >= 0.6 is 11.6 Å². The van der Waals surface area contributed by atoms with Gasteiger partial charge in [0, 0.05) is 11.9 Å². The van der Waals surface area contributed by atoms with Crippen LogP contribution in [0.3, 0.4) is 0 Å². The highest BCUT2D eigenvalue weighted by Crippen LogP contribution is 2.24. The number of amides is 2. The molecule has 1 aromatic heterocycles. The van der Waals surface area contributed by atoms with Crippen molar-refractivity contribution in [1.82, 2.24) is 15.0 Å². The summed E-state index contributed by atoms with van der Waals surface area (Å²) < 4.78 is 0. The Hall–Kier alpha value is -2.87. The molecular formula is C18H22ClN5O3. The molecule has 1 heterocycles. The molecule has 1 aromatic carbocycles. The van der Waals surface area contributed by atoms with E-state index in [1.807, 2.05) is 32.0 Å². The van der Waals surface area contributed by atoms with E-state index in [0.29, 0.717) is 5.69 Å². The first-order valence-corrected chi connectivity index (χ1v) is 8.58. The third-order valence-corrected chi connectivity index (χ3v) is 3.99. The van der Waals surface area contributed by atoms with Crippen molar-refractivity contribution in [2.24, 2.45) is 0 Å². The van der Waals surface area contributed by atoms with Crippen LogP contribution in [0.15, 0.2) is 24.4 Å². The predicted molar refractivity (Wildman–Crippen MR) is 104 cm³/mol. The fourth-order valence-corrected chi connectivity index (χ4v) is 2.55. The highest BCUT2D eigenvalue weighted by molar-refractivity contribution is 6.28. The lowest BCUT2D eigenvalue weighted by Crippen LogP contribution is -2.49. The minimum absolute atomic E-state index is 0.00365. The van der Waals surface area contributed by atoms with Crippen LogP contribution in [0.4, 0.5) is 16.3 Å². The third kappa shape index (κ3) is 4.85. The number of halogens is 1. The average Bonchev–Trinajstić information content (AvgIpc) is 2.54. The Kier molecular flexibility index (Phi) is 5.90. The van der Waals surface area contributed by atoms with E-state index in [-0.39, 0.29) is 16.7 Å². The second kappa shape index (κ2) is 7.79. The summed E-state index contributed by atoms with van der Waals surface area (Å²) in [6, 6.07) is 5.66. The van der Waals surface area contributed by atoms with Crippen LogP contribution in [0.2, 0.25) is 5.28 Å². The molecular weight excluding hydrogens is 370 g/mol. The summed E-state index contributed by atoms with van der Waals surface area (Å²) in [6.07, 6.45) is 0.0295. The maximum Gasteiger partial charge on any atom is 0.426 e. The molecule has 0 spiro atoms. The summed E-state index contributed by atoms with van der Waals surface area (Å²) in [5, 5.41) is 13.1. The number of carboxylic acid groups (broad SMARTS) is 1. The summed E-state index contributed by atoms with van der Waals surface area (Å²) in [5.74, 6) is -0.484. The van der Waals surface area contributed by atoms with Gasteiger partial charge in [0.15, 0.2) is 5.82 Å². The van der Waals surface area contributed by atoms with Gasteiger partial charge >= 0.3 is 6.09 Å². The van der Waals surface area contributed by atoms with Crippen LogP contribution in [0.1, 0.15) is 42.3 Å². The smallest absolute Gasteiger partial charge is 0.426 e. The summed E-state index contributed by atoms with van der Waals surface area (Å²) in [5.41, 5.74) is 4.41. The molecule has 9 heteroatoms. The van der Waals surface area contributed by atoms with Crippen molar-refractivity contribution in [1.29, 1.82) is 0 Å². The van der Waals surface area contributed by atoms with Crippen molar-refractivity contribution in [2.45, 2.75) is 40.2 Å². The summed E-state index contributed by atoms with van der Waals surface area (Å²) in [6.45, 7) is 8.87. The second-order valence-electron chi connectivity index (χ2n) is 7.02. The molecule has 2 amide bonds. The van der Waals surface area contributed by atoms with Gasteiger partial charge in [-0.2, -0.15) is 4.98 Å². The first kappa shape index (κ1) is 20.4. The van der Waals surface area contributed by atoms with E-state index in [0.717, 1.165) is 16.1 Å². The number of nitrogens with one attached hydrogen (secondary N) is 2. The van der Waals surface area contributed by atoms with Crippen LogP contribution < -0.4 is 10.7 Å². The topological polar surface area (TPSA) is 107 Å². The molecule has 144 valence electrons. The van der Waals surface area contributed by atoms with Gasteiger partial charge in [-0.15, -0.1) is 0 Å². The molecule has 0 fully saturated rings. The molecule has 0 aliphatic rings. The Balaban J connectivity index is 2.40. The number of carbonyl (C=O) groups excluding carboxylic acids is 1. The van der Waals surface area contributed by atoms with Gasteiger partial charge in [-0.3, -0.25) is 10.2 Å². The molecule has 2 aromatic rings. The zero-order chi connectivity index (χ0) is 20.4. The Labute approximate surface area is 162 Å². The quantitative estimate of drug-likeness (QED) is 0.534. The van der Waals surface area contributed by atoms with E-state index in [1.165, 1.54) is 6.20 Å². The fraction of sp³-hybridized carbons (Fsp3) is 0.333. The number of para-hydroxylation sites is 1. The van der Waals surface area contributed by atoms with Gasteiger partial charge in [-0.05, 0) is 57.3 Å². The zero-order valence-corrected chi connectivity index (χ0v) is 16.5. The van der Waals surface area contributed by atoms with Crippen LogP contribution in [0, 0.1) is 13.8 Å². The first-order valence-electron chi connectivity index (χ1n) is 8.20. The van der Waals surface area contributed by atoms with Crippen molar-refractivity contribution >= 4 is 35.1 Å². The molecule has 0 aliphatic carbocycles. The van der Waals surface area contributed by atoms with Gasteiger partial charge in [0.2, 0.25) is 5.28 Å². The molecule has 8 nitrogen and oxygen atoms in total. The molecule has 27 heavy (non-hydrogen) atoms. The molecule has 0 atom stereocenters. The average molecular weight is 392 g/mol. The number of hydrogen-bond donors (Lipinski definition) is 3. The van der Waals surface area contributed by atoms with Gasteiger partial charge in [0.1, 0.15) is 5.56 Å². The normalized spacial score (nSPS) is 11.0. The highest BCUT2D eigenvalue weighted by atomic mass is 35.5. The van der Waals surface area contributed by atoms with Crippen molar-refractivity contribution < 1.29 is 14.7 Å². The summed E-state index contributed by atoms with van der Waals surface area (Å²) >= 11 is 5.85. The number of carbonyl (C=O) groups is 2. The molecule has 3 N–H and O–H groups in total. The lowest BCUT2D eigenvalue weighted by molar-refractivity contribution is 0.102. The van der Waals surface area contributed by atoms with E-state index in [1.54, 1.807) is 20.8 Å². The number of hydrogen-bond acceptors (Lipinski definition) is 5. The number of hydrazine groups is 1. The maximum atomic E-state index is 12.8. The third-order valence-electron chi connectivity index (χ3n) is 3.80. The lowest BCUT2D eigenvalue weighted by atomic mass is 10.1. The number of aromatic nitrogens is 2. The van der Waals surface area contributed by atoms with E-state index in [9.17, 15) is 14.7 Å². The van der Waals surface area contributed by atoms with E-state index in [4.69, 9.17) is 11.6 Å². The van der Waals surface area contributed by atoms with Gasteiger partial charge in [-0.1, -0.05) is 18.2 Å². The van der Waals surface area contributed by atoms with Gasteiger partial charge in [-0.25, -0.2) is 14.8 Å². The van der Waals surface area contributed by atoms with E-state index in [2.05, 4.69) is 20.7 Å². The molecule has 0 radical (unpaired) electrons. The Morgan fingerprint density at radius 2 is 1.78 bits per heavy atom. The molecule has 0 aliphatic heterocycles. The number of benzene rings is 1. The number of nitrogens with zero attached hydrogens (tertiary/aromatic N) is 3. The van der Waals surface area contributed by atoms with E-state index < -0.39 is 17.5 Å². The standard InChI is InChI=1S/C18H22ClN5O3/c1-10-7-6-8-11(2)13(10)21-15(25)12-9-20-16(19)22-14(12)23-24(17(26)27)18(3,4)5/h6-9H,1-5H3,(H,21,25)(H,26,27)(H,20,22,23). The number of anilines is 2. The van der Waals surface area contributed by atoms with Crippen molar-refractivity contribution in [3.63, 3.8) is 0 Å². The highest BCUT2D eigenvalue weighted by Gasteiger charge is 2.28. The largest absolute Gasteiger partial charge is 0.464 e. The Morgan fingerprint density at radius 1 is 1.19 bits per heavy atom. The second-order valence-corrected chi connectivity index (χ2v) is 7.36.